The number of hydrogen-bond donors (Lipinski definition) is 0. The van der Waals surface area contributed by atoms with Gasteiger partial charge >= 0.3 is 0 Å². The minimum atomic E-state index is -0.467. The molecule has 0 atom stereocenters. The summed E-state index contributed by atoms with van der Waals surface area (Å²) in [4.78, 5) is 4.26. The van der Waals surface area contributed by atoms with E-state index in [1.54, 1.807) is 24.4 Å². The SMILES string of the molecule is N#CC1(c2ccc(-c3cccc(Cl)c3F)nc2)CC1. The second-order valence-electron chi connectivity index (χ2n) is 4.73. The van der Waals surface area contributed by atoms with E-state index in [0.29, 0.717) is 11.3 Å². The van der Waals surface area contributed by atoms with Crippen molar-refractivity contribution in [3.8, 4) is 17.3 Å². The molecule has 0 saturated heterocycles. The molecule has 1 heterocycles. The highest BCUT2D eigenvalue weighted by atomic mass is 35.5. The first kappa shape index (κ1) is 12.1. The lowest BCUT2D eigenvalue weighted by Crippen LogP contribution is -2.03. The molecule has 1 aliphatic carbocycles. The van der Waals surface area contributed by atoms with Crippen molar-refractivity contribution in [3.63, 3.8) is 0 Å². The van der Waals surface area contributed by atoms with Crippen LogP contribution in [0.3, 0.4) is 0 Å². The van der Waals surface area contributed by atoms with Crippen molar-refractivity contribution in [1.82, 2.24) is 4.98 Å². The van der Waals surface area contributed by atoms with Crippen LogP contribution in [0.4, 0.5) is 4.39 Å². The summed E-state index contributed by atoms with van der Waals surface area (Å²) in [6.07, 6.45) is 3.40. The fourth-order valence-electron chi connectivity index (χ4n) is 2.13. The summed E-state index contributed by atoms with van der Waals surface area (Å²) in [5.41, 5.74) is 1.44. The van der Waals surface area contributed by atoms with Gasteiger partial charge in [-0.2, -0.15) is 5.26 Å². The predicted octanol–water partition coefficient (Wildman–Crippen LogP) is 4.10. The van der Waals surface area contributed by atoms with Gasteiger partial charge in [-0.1, -0.05) is 23.7 Å². The van der Waals surface area contributed by atoms with Crippen molar-refractivity contribution in [3.05, 3.63) is 52.9 Å². The van der Waals surface area contributed by atoms with Crippen LogP contribution in [0.25, 0.3) is 11.3 Å². The van der Waals surface area contributed by atoms with Crippen molar-refractivity contribution in [2.75, 3.05) is 0 Å². The third-order valence-corrected chi connectivity index (χ3v) is 3.80. The minimum absolute atomic E-state index is 0.0825. The third kappa shape index (κ3) is 1.98. The molecule has 1 aliphatic rings. The Hall–Kier alpha value is -1.92. The van der Waals surface area contributed by atoms with Crippen LogP contribution in [0.5, 0.6) is 0 Å². The Morgan fingerprint density at radius 2 is 2.05 bits per heavy atom. The molecule has 4 heteroatoms. The van der Waals surface area contributed by atoms with Crippen LogP contribution in [0.1, 0.15) is 18.4 Å². The van der Waals surface area contributed by atoms with E-state index in [4.69, 9.17) is 16.9 Å². The number of nitrogens with zero attached hydrogens (tertiary/aromatic N) is 2. The summed E-state index contributed by atoms with van der Waals surface area (Å²) in [6.45, 7) is 0. The van der Waals surface area contributed by atoms with Crippen molar-refractivity contribution in [2.24, 2.45) is 0 Å². The highest BCUT2D eigenvalue weighted by Crippen LogP contribution is 2.47. The standard InChI is InChI=1S/C15H10ClFN2/c16-12-3-1-2-11(14(12)17)13-5-4-10(8-19-13)15(9-18)6-7-15/h1-5,8H,6-7H2. The zero-order chi connectivity index (χ0) is 13.5. The van der Waals surface area contributed by atoms with E-state index >= 15 is 0 Å². The van der Waals surface area contributed by atoms with Crippen LogP contribution in [0, 0.1) is 17.1 Å². The van der Waals surface area contributed by atoms with Crippen molar-refractivity contribution < 1.29 is 4.39 Å². The maximum absolute atomic E-state index is 13.9. The first-order valence-corrected chi connectivity index (χ1v) is 6.36. The van der Waals surface area contributed by atoms with Gasteiger partial charge in [-0.15, -0.1) is 0 Å². The number of aromatic nitrogens is 1. The molecule has 3 rings (SSSR count). The number of pyridine rings is 1. The number of halogens is 2. The number of nitriles is 1. The van der Waals surface area contributed by atoms with Crippen molar-refractivity contribution >= 4 is 11.6 Å². The Kier molecular flexibility index (Phi) is 2.76. The van der Waals surface area contributed by atoms with Crippen LogP contribution < -0.4 is 0 Å². The van der Waals surface area contributed by atoms with Crippen LogP contribution in [0.2, 0.25) is 5.02 Å². The van der Waals surface area contributed by atoms with E-state index in [1.807, 2.05) is 6.07 Å². The molecular formula is C15H10ClFN2. The molecule has 2 nitrogen and oxygen atoms in total. The van der Waals surface area contributed by atoms with Gasteiger partial charge in [-0.25, -0.2) is 4.39 Å². The second-order valence-corrected chi connectivity index (χ2v) is 5.13. The molecule has 0 aliphatic heterocycles. The Morgan fingerprint density at radius 3 is 2.63 bits per heavy atom. The van der Waals surface area contributed by atoms with Crippen molar-refractivity contribution in [1.29, 1.82) is 5.26 Å². The molecule has 1 aromatic carbocycles. The van der Waals surface area contributed by atoms with E-state index in [0.717, 1.165) is 18.4 Å². The average Bonchev–Trinajstić information content (AvgIpc) is 3.23. The molecule has 19 heavy (non-hydrogen) atoms. The summed E-state index contributed by atoms with van der Waals surface area (Å²) in [5, 5.41) is 9.20. The van der Waals surface area contributed by atoms with E-state index < -0.39 is 5.82 Å². The molecule has 94 valence electrons. The molecule has 1 saturated carbocycles. The summed E-state index contributed by atoms with van der Waals surface area (Å²) < 4.78 is 13.9. The van der Waals surface area contributed by atoms with E-state index in [2.05, 4.69) is 11.1 Å². The largest absolute Gasteiger partial charge is 0.256 e. The second kappa shape index (κ2) is 4.32. The van der Waals surface area contributed by atoms with E-state index in [1.165, 1.54) is 6.07 Å². The van der Waals surface area contributed by atoms with Gasteiger partial charge in [0, 0.05) is 11.8 Å². The first-order valence-electron chi connectivity index (χ1n) is 5.98. The first-order chi connectivity index (χ1) is 9.16. The fourth-order valence-corrected chi connectivity index (χ4v) is 2.30. The summed E-state index contributed by atoms with van der Waals surface area (Å²) in [7, 11) is 0. The molecule has 0 bridgehead atoms. The van der Waals surface area contributed by atoms with Gasteiger partial charge in [-0.3, -0.25) is 4.98 Å². The Balaban J connectivity index is 2.00. The molecule has 0 N–H and O–H groups in total. The number of benzene rings is 1. The van der Waals surface area contributed by atoms with Gasteiger partial charge < -0.3 is 0 Å². The molecular weight excluding hydrogens is 263 g/mol. The molecule has 2 aromatic rings. The van der Waals surface area contributed by atoms with Crippen LogP contribution in [-0.4, -0.2) is 4.98 Å². The molecule has 1 fully saturated rings. The summed E-state index contributed by atoms with van der Waals surface area (Å²) >= 11 is 5.75. The number of rotatable bonds is 2. The van der Waals surface area contributed by atoms with Crippen LogP contribution in [0.15, 0.2) is 36.5 Å². The monoisotopic (exact) mass is 272 g/mol. The Labute approximate surface area is 115 Å². The zero-order valence-electron chi connectivity index (χ0n) is 10.0. The Morgan fingerprint density at radius 1 is 1.26 bits per heavy atom. The zero-order valence-corrected chi connectivity index (χ0v) is 10.8. The van der Waals surface area contributed by atoms with Crippen molar-refractivity contribution in [2.45, 2.75) is 18.3 Å². The van der Waals surface area contributed by atoms with Gasteiger partial charge in [0.2, 0.25) is 0 Å². The van der Waals surface area contributed by atoms with E-state index in [9.17, 15) is 4.39 Å². The third-order valence-electron chi connectivity index (χ3n) is 3.51. The lowest BCUT2D eigenvalue weighted by atomic mass is 9.99. The maximum atomic E-state index is 13.9. The summed E-state index contributed by atoms with van der Waals surface area (Å²) in [6, 6.07) is 10.7. The maximum Gasteiger partial charge on any atom is 0.151 e. The molecule has 0 radical (unpaired) electrons. The van der Waals surface area contributed by atoms with Crippen LogP contribution in [-0.2, 0) is 5.41 Å². The smallest absolute Gasteiger partial charge is 0.151 e. The lowest BCUT2D eigenvalue weighted by molar-refractivity contribution is 0.631. The van der Waals surface area contributed by atoms with Gasteiger partial charge in [0.15, 0.2) is 5.82 Å². The van der Waals surface area contributed by atoms with Crippen LogP contribution >= 0.6 is 11.6 Å². The normalized spacial score (nSPS) is 15.8. The van der Waals surface area contributed by atoms with E-state index in [-0.39, 0.29) is 10.4 Å². The molecule has 0 spiro atoms. The lowest BCUT2D eigenvalue weighted by Gasteiger charge is -2.08. The summed E-state index contributed by atoms with van der Waals surface area (Å²) in [5.74, 6) is -0.467. The van der Waals surface area contributed by atoms with Gasteiger partial charge in [-0.05, 0) is 36.6 Å². The predicted molar refractivity (Wildman–Crippen MR) is 71.2 cm³/mol. The van der Waals surface area contributed by atoms with Gasteiger partial charge in [0.05, 0.1) is 22.2 Å². The molecule has 0 unspecified atom stereocenters. The minimum Gasteiger partial charge on any atom is -0.256 e. The average molecular weight is 273 g/mol. The number of hydrogen-bond acceptors (Lipinski definition) is 2. The van der Waals surface area contributed by atoms with Gasteiger partial charge in [0.1, 0.15) is 0 Å². The van der Waals surface area contributed by atoms with Gasteiger partial charge in [0.25, 0.3) is 0 Å². The Bertz CT molecular complexity index is 670. The fraction of sp³-hybridized carbons (Fsp3) is 0.200. The highest BCUT2D eigenvalue weighted by molar-refractivity contribution is 6.31. The molecule has 1 aromatic heterocycles. The quantitative estimate of drug-likeness (QED) is 0.825. The topological polar surface area (TPSA) is 36.7 Å². The molecule has 0 amide bonds. The highest BCUT2D eigenvalue weighted by Gasteiger charge is 2.45.